The van der Waals surface area contributed by atoms with Gasteiger partial charge in [0.05, 0.1) is 18.9 Å². The third kappa shape index (κ3) is 2.89. The highest BCUT2D eigenvalue weighted by Crippen LogP contribution is 2.73. The van der Waals surface area contributed by atoms with E-state index in [0.29, 0.717) is 11.5 Å². The Bertz CT molecular complexity index is 1380. The Hall–Kier alpha value is -3.17. The monoisotopic (exact) mass is 564 g/mol. The molecule has 2 amide bonds. The number of benzene rings is 2. The molecule has 3 aliphatic heterocycles. The van der Waals surface area contributed by atoms with Crippen molar-refractivity contribution in [1.29, 1.82) is 0 Å². The zero-order chi connectivity index (χ0) is 25.6. The van der Waals surface area contributed by atoms with Gasteiger partial charge in [-0.2, -0.15) is 0 Å². The van der Waals surface area contributed by atoms with Crippen molar-refractivity contribution in [2.24, 2.45) is 29.1 Å². The van der Waals surface area contributed by atoms with Crippen LogP contribution in [-0.4, -0.2) is 49.7 Å². The number of likely N-dealkylation sites (tertiary alicyclic amines) is 1. The van der Waals surface area contributed by atoms with Crippen molar-refractivity contribution in [2.75, 3.05) is 21.0 Å². The van der Waals surface area contributed by atoms with Crippen LogP contribution in [0, 0.1) is 29.1 Å². The second-order valence-corrected chi connectivity index (χ2v) is 11.4. The van der Waals surface area contributed by atoms with Crippen LogP contribution in [-0.2, 0) is 19.1 Å². The minimum absolute atomic E-state index is 0.110. The van der Waals surface area contributed by atoms with Crippen molar-refractivity contribution in [1.82, 2.24) is 10.2 Å². The zero-order valence-electron chi connectivity index (χ0n) is 20.2. The minimum Gasteiger partial charge on any atom is -0.468 e. The van der Waals surface area contributed by atoms with E-state index in [4.69, 9.17) is 14.2 Å². The smallest absolute Gasteiger partial charge is 0.323 e. The molecule has 0 aromatic heterocycles. The number of allylic oxidation sites excluding steroid dienone is 2. The molecule has 2 aromatic carbocycles. The summed E-state index contributed by atoms with van der Waals surface area (Å²) in [6.45, 7) is 0.131. The Labute approximate surface area is 222 Å². The number of rotatable bonds is 3. The number of carbonyl (C=O) groups excluding carboxylic acids is 3. The first kappa shape index (κ1) is 23.0. The molecule has 2 bridgehead atoms. The highest BCUT2D eigenvalue weighted by molar-refractivity contribution is 9.10. The van der Waals surface area contributed by atoms with Gasteiger partial charge in [0, 0.05) is 28.9 Å². The van der Waals surface area contributed by atoms with Gasteiger partial charge in [0.25, 0.3) is 0 Å². The quantitative estimate of drug-likeness (QED) is 0.347. The molecular weight excluding hydrogens is 540 g/mol. The van der Waals surface area contributed by atoms with Crippen LogP contribution >= 0.6 is 15.9 Å². The van der Waals surface area contributed by atoms with Crippen LogP contribution in [0.2, 0.25) is 0 Å². The molecule has 37 heavy (non-hydrogen) atoms. The van der Waals surface area contributed by atoms with E-state index in [9.17, 15) is 14.4 Å². The van der Waals surface area contributed by atoms with Crippen LogP contribution in [0.4, 0.5) is 0 Å². The molecule has 9 heteroatoms. The highest BCUT2D eigenvalue weighted by Gasteiger charge is 2.76. The van der Waals surface area contributed by atoms with E-state index in [-0.39, 0.29) is 36.5 Å². The predicted molar refractivity (Wildman–Crippen MR) is 134 cm³/mol. The van der Waals surface area contributed by atoms with Crippen molar-refractivity contribution >= 4 is 33.7 Å². The Morgan fingerprint density at radius 2 is 1.78 bits per heavy atom. The molecule has 8 atom stereocenters. The molecule has 8 nitrogen and oxygen atoms in total. The highest BCUT2D eigenvalue weighted by atomic mass is 79.9. The number of halogens is 1. The third-order valence-electron chi connectivity index (χ3n) is 9.15. The summed E-state index contributed by atoms with van der Waals surface area (Å²) in [5.41, 5.74) is 1.06. The van der Waals surface area contributed by atoms with Gasteiger partial charge in [0.1, 0.15) is 6.04 Å². The van der Waals surface area contributed by atoms with Gasteiger partial charge >= 0.3 is 5.97 Å². The summed E-state index contributed by atoms with van der Waals surface area (Å²) in [5.74, 6) is -1.24. The molecule has 2 aliphatic carbocycles. The Morgan fingerprint density at radius 1 is 1.05 bits per heavy atom. The van der Waals surface area contributed by atoms with Crippen LogP contribution in [0.25, 0.3) is 0 Å². The fraction of sp³-hybridized carbons (Fsp3) is 0.393. The van der Waals surface area contributed by atoms with Gasteiger partial charge in [-0.25, -0.2) is 0 Å². The van der Waals surface area contributed by atoms with Gasteiger partial charge in [-0.15, -0.1) is 0 Å². The molecule has 3 heterocycles. The van der Waals surface area contributed by atoms with Gasteiger partial charge < -0.3 is 14.2 Å². The molecule has 190 valence electrons. The lowest BCUT2D eigenvalue weighted by atomic mass is 9.55. The summed E-state index contributed by atoms with van der Waals surface area (Å²) < 4.78 is 17.5. The number of amides is 2. The maximum Gasteiger partial charge on any atom is 0.323 e. The largest absolute Gasteiger partial charge is 0.468 e. The molecule has 1 saturated carbocycles. The van der Waals surface area contributed by atoms with E-state index in [1.165, 1.54) is 12.0 Å². The number of hydrogen-bond acceptors (Lipinski definition) is 7. The summed E-state index contributed by atoms with van der Waals surface area (Å²) in [7, 11) is 2.94. The normalized spacial score (nSPS) is 36.6. The van der Waals surface area contributed by atoms with Crippen LogP contribution in [0.3, 0.4) is 0 Å². The molecule has 5 aliphatic rings. The zero-order valence-corrected chi connectivity index (χ0v) is 21.8. The first-order valence-electron chi connectivity index (χ1n) is 12.4. The lowest BCUT2D eigenvalue weighted by Gasteiger charge is -2.52. The molecular formula is C28H25BrN2O6. The fourth-order valence-corrected chi connectivity index (χ4v) is 8.10. The Morgan fingerprint density at radius 3 is 2.54 bits per heavy atom. The van der Waals surface area contributed by atoms with E-state index in [1.807, 2.05) is 42.5 Å². The van der Waals surface area contributed by atoms with Gasteiger partial charge in [0.2, 0.25) is 18.6 Å². The SMILES string of the molecule is COC(=O)[C@H]1N[C@@H](c2ccc(Br)cc2)[C@@H]2[C@@H]3C=C[C@]2([C@H]2C(=O)N(C)C(=O)[C@@H]32)[C@H]1c1ccc2c(c1)OCO2. The van der Waals surface area contributed by atoms with Gasteiger partial charge in [-0.1, -0.05) is 46.3 Å². The number of hydrogen-bond donors (Lipinski definition) is 1. The number of piperidine rings is 1. The molecule has 0 unspecified atom stereocenters. The number of carbonyl (C=O) groups is 3. The molecule has 7 rings (SSSR count). The van der Waals surface area contributed by atoms with Gasteiger partial charge in [-0.3, -0.25) is 24.6 Å². The van der Waals surface area contributed by atoms with Crippen LogP contribution in [0.1, 0.15) is 23.1 Å². The molecule has 3 fully saturated rings. The molecule has 0 spiro atoms. The maximum absolute atomic E-state index is 13.7. The molecule has 1 N–H and O–H groups in total. The molecule has 2 saturated heterocycles. The first-order chi connectivity index (χ1) is 17.9. The van der Waals surface area contributed by atoms with E-state index in [2.05, 4.69) is 33.4 Å². The predicted octanol–water partition coefficient (Wildman–Crippen LogP) is 3.18. The summed E-state index contributed by atoms with van der Waals surface area (Å²) >= 11 is 3.51. The number of fused-ring (bicyclic) bond motifs is 3. The summed E-state index contributed by atoms with van der Waals surface area (Å²) in [5, 5.41) is 3.62. The number of nitrogens with zero attached hydrogens (tertiary/aromatic N) is 1. The van der Waals surface area contributed by atoms with Gasteiger partial charge in [-0.05, 0) is 47.2 Å². The summed E-state index contributed by atoms with van der Waals surface area (Å²) in [6, 6.07) is 12.6. The average molecular weight is 565 g/mol. The number of imide groups is 1. The summed E-state index contributed by atoms with van der Waals surface area (Å²) in [6.07, 6.45) is 4.22. The lowest BCUT2D eigenvalue weighted by molar-refractivity contribution is -0.150. The second kappa shape index (κ2) is 7.91. The van der Waals surface area contributed by atoms with Crippen molar-refractivity contribution < 1.29 is 28.6 Å². The van der Waals surface area contributed by atoms with E-state index in [1.54, 1.807) is 7.05 Å². The molecule has 0 radical (unpaired) electrons. The third-order valence-corrected chi connectivity index (χ3v) is 9.68. The van der Waals surface area contributed by atoms with Crippen molar-refractivity contribution in [2.45, 2.75) is 18.0 Å². The standard InChI is InChI=1S/C28H25BrN2O6/c1-31-25(32)19-16-9-10-28(22(19)26(31)33)20(14-5-8-17-18(11-14)37-12-36-17)24(27(34)35-2)30-23(21(16)28)13-3-6-15(29)7-4-13/h3-11,16,19-24,30H,12H2,1-2H3/t16-,19+,20+,21+,22-,23+,24+,28+/m1/s1. The van der Waals surface area contributed by atoms with Crippen LogP contribution < -0.4 is 14.8 Å². The molecule has 2 aromatic rings. The lowest BCUT2D eigenvalue weighted by Crippen LogP contribution is -2.60. The average Bonchev–Trinajstić information content (AvgIpc) is 3.65. The van der Waals surface area contributed by atoms with Crippen molar-refractivity contribution in [3.05, 3.63) is 70.2 Å². The number of nitrogens with one attached hydrogen (secondary N) is 1. The topological polar surface area (TPSA) is 94.2 Å². The first-order valence-corrected chi connectivity index (χ1v) is 13.2. The number of methoxy groups -OCH3 is 1. The maximum atomic E-state index is 13.7. The number of esters is 1. The Balaban J connectivity index is 1.46. The van der Waals surface area contributed by atoms with E-state index in [0.717, 1.165) is 15.6 Å². The fourth-order valence-electron chi connectivity index (χ4n) is 7.83. The van der Waals surface area contributed by atoms with E-state index < -0.39 is 35.2 Å². The van der Waals surface area contributed by atoms with Crippen molar-refractivity contribution in [3.63, 3.8) is 0 Å². The summed E-state index contributed by atoms with van der Waals surface area (Å²) in [4.78, 5) is 41.8. The second-order valence-electron chi connectivity index (χ2n) is 10.5. The van der Waals surface area contributed by atoms with Crippen LogP contribution in [0.15, 0.2) is 59.1 Å². The minimum atomic E-state index is -0.775. The van der Waals surface area contributed by atoms with E-state index >= 15 is 0 Å². The van der Waals surface area contributed by atoms with Gasteiger partial charge in [0.15, 0.2) is 11.5 Å². The Kier molecular flexibility index (Phi) is 4.92. The van der Waals surface area contributed by atoms with Crippen LogP contribution in [0.5, 0.6) is 11.5 Å². The number of ether oxygens (including phenoxy) is 3. The van der Waals surface area contributed by atoms with Crippen molar-refractivity contribution in [3.8, 4) is 11.5 Å².